The Morgan fingerprint density at radius 3 is 2.45 bits per heavy atom. The smallest absolute Gasteiger partial charge is 0.270 e. The van der Waals surface area contributed by atoms with Crippen LogP contribution in [0.4, 0.5) is 0 Å². The predicted molar refractivity (Wildman–Crippen MR) is 92.9 cm³/mol. The SMILES string of the molecule is CSc1ccc(Cc2nc3cc(C)c(C)cc3[nH]c2=O)cc1. The number of hydrogen-bond donors (Lipinski definition) is 1. The summed E-state index contributed by atoms with van der Waals surface area (Å²) in [7, 11) is 0. The predicted octanol–water partition coefficient (Wildman–Crippen LogP) is 3.85. The first-order valence-electron chi connectivity index (χ1n) is 7.20. The molecule has 112 valence electrons. The Labute approximate surface area is 133 Å². The monoisotopic (exact) mass is 310 g/mol. The third-order valence-corrected chi connectivity index (χ3v) is 4.65. The van der Waals surface area contributed by atoms with Crippen molar-refractivity contribution in [2.75, 3.05) is 6.26 Å². The van der Waals surface area contributed by atoms with Crippen LogP contribution in [0.3, 0.4) is 0 Å². The van der Waals surface area contributed by atoms with Crippen molar-refractivity contribution in [1.29, 1.82) is 0 Å². The molecule has 22 heavy (non-hydrogen) atoms. The number of thioether (sulfide) groups is 1. The van der Waals surface area contributed by atoms with Gasteiger partial charge in [0.05, 0.1) is 11.0 Å². The molecule has 1 aromatic heterocycles. The molecular formula is C18H18N2OS. The molecule has 0 atom stereocenters. The molecule has 0 aliphatic rings. The second-order valence-corrected chi connectivity index (χ2v) is 6.37. The Morgan fingerprint density at radius 1 is 1.09 bits per heavy atom. The van der Waals surface area contributed by atoms with E-state index < -0.39 is 0 Å². The van der Waals surface area contributed by atoms with Crippen molar-refractivity contribution in [2.24, 2.45) is 0 Å². The third kappa shape index (κ3) is 2.92. The number of aromatic nitrogens is 2. The largest absolute Gasteiger partial charge is 0.319 e. The lowest BCUT2D eigenvalue weighted by atomic mass is 10.1. The second kappa shape index (κ2) is 5.97. The summed E-state index contributed by atoms with van der Waals surface area (Å²) in [5, 5.41) is 0. The lowest BCUT2D eigenvalue weighted by molar-refractivity contribution is 1.02. The summed E-state index contributed by atoms with van der Waals surface area (Å²) in [4.78, 5) is 21.0. The number of H-pyrrole nitrogens is 1. The number of rotatable bonds is 3. The molecule has 0 unspecified atom stereocenters. The maximum Gasteiger partial charge on any atom is 0.270 e. The minimum absolute atomic E-state index is 0.107. The highest BCUT2D eigenvalue weighted by Gasteiger charge is 2.07. The highest BCUT2D eigenvalue weighted by atomic mass is 32.2. The Bertz CT molecular complexity index is 882. The molecule has 1 N–H and O–H groups in total. The van der Waals surface area contributed by atoms with E-state index in [2.05, 4.69) is 47.4 Å². The van der Waals surface area contributed by atoms with Crippen LogP contribution >= 0.6 is 11.8 Å². The van der Waals surface area contributed by atoms with Crippen LogP contribution in [0.15, 0.2) is 46.1 Å². The van der Waals surface area contributed by atoms with Crippen molar-refractivity contribution in [1.82, 2.24) is 9.97 Å². The molecule has 0 spiro atoms. The van der Waals surface area contributed by atoms with E-state index in [1.807, 2.05) is 19.1 Å². The number of nitrogens with one attached hydrogen (secondary N) is 1. The maximum absolute atomic E-state index is 12.2. The van der Waals surface area contributed by atoms with Crippen molar-refractivity contribution in [3.05, 3.63) is 69.1 Å². The number of aromatic amines is 1. The Kier molecular flexibility index (Phi) is 4.03. The second-order valence-electron chi connectivity index (χ2n) is 5.49. The molecule has 0 saturated carbocycles. The Balaban J connectivity index is 2.00. The number of nitrogens with zero attached hydrogens (tertiary/aromatic N) is 1. The van der Waals surface area contributed by atoms with Crippen LogP contribution < -0.4 is 5.56 Å². The lowest BCUT2D eigenvalue weighted by Gasteiger charge is -2.06. The van der Waals surface area contributed by atoms with Crippen molar-refractivity contribution in [3.8, 4) is 0 Å². The highest BCUT2D eigenvalue weighted by molar-refractivity contribution is 7.98. The van der Waals surface area contributed by atoms with Crippen LogP contribution in [0.2, 0.25) is 0 Å². The molecule has 0 radical (unpaired) electrons. The lowest BCUT2D eigenvalue weighted by Crippen LogP contribution is -2.15. The van der Waals surface area contributed by atoms with Gasteiger partial charge in [-0.1, -0.05) is 12.1 Å². The van der Waals surface area contributed by atoms with Gasteiger partial charge < -0.3 is 4.98 Å². The van der Waals surface area contributed by atoms with Crippen LogP contribution in [0.25, 0.3) is 11.0 Å². The molecule has 4 heteroatoms. The molecule has 0 aliphatic heterocycles. The molecular weight excluding hydrogens is 292 g/mol. The van der Waals surface area contributed by atoms with Crippen molar-refractivity contribution in [3.63, 3.8) is 0 Å². The van der Waals surface area contributed by atoms with Gasteiger partial charge in [-0.2, -0.15) is 0 Å². The van der Waals surface area contributed by atoms with Gasteiger partial charge in [-0.15, -0.1) is 11.8 Å². The van der Waals surface area contributed by atoms with E-state index in [0.717, 1.165) is 22.2 Å². The first-order chi connectivity index (χ1) is 10.6. The van der Waals surface area contributed by atoms with E-state index >= 15 is 0 Å². The van der Waals surface area contributed by atoms with Crippen LogP contribution in [0.1, 0.15) is 22.4 Å². The molecule has 0 saturated heterocycles. The fourth-order valence-corrected chi connectivity index (χ4v) is 2.85. The topological polar surface area (TPSA) is 45.8 Å². The van der Waals surface area contributed by atoms with E-state index in [1.54, 1.807) is 11.8 Å². The van der Waals surface area contributed by atoms with Crippen LogP contribution in [-0.2, 0) is 6.42 Å². The zero-order valence-electron chi connectivity index (χ0n) is 12.9. The van der Waals surface area contributed by atoms with E-state index in [4.69, 9.17) is 0 Å². The average Bonchev–Trinajstić information content (AvgIpc) is 2.51. The molecule has 2 aromatic carbocycles. The first-order valence-corrected chi connectivity index (χ1v) is 8.42. The van der Waals surface area contributed by atoms with Gasteiger partial charge in [-0.25, -0.2) is 4.98 Å². The Morgan fingerprint density at radius 2 is 1.77 bits per heavy atom. The molecule has 0 aliphatic carbocycles. The minimum atomic E-state index is -0.107. The van der Waals surface area contributed by atoms with E-state index in [0.29, 0.717) is 12.1 Å². The molecule has 3 aromatic rings. The minimum Gasteiger partial charge on any atom is -0.319 e. The normalized spacial score (nSPS) is 11.0. The van der Waals surface area contributed by atoms with Gasteiger partial charge in [0.1, 0.15) is 5.69 Å². The fraction of sp³-hybridized carbons (Fsp3) is 0.222. The first kappa shape index (κ1) is 14.9. The molecule has 0 amide bonds. The maximum atomic E-state index is 12.2. The fourth-order valence-electron chi connectivity index (χ4n) is 2.44. The number of fused-ring (bicyclic) bond motifs is 1. The van der Waals surface area contributed by atoms with Crippen LogP contribution in [0, 0.1) is 13.8 Å². The third-order valence-electron chi connectivity index (χ3n) is 3.91. The molecule has 1 heterocycles. The van der Waals surface area contributed by atoms with Gasteiger partial charge in [0.2, 0.25) is 0 Å². The Hall–Kier alpha value is -2.07. The highest BCUT2D eigenvalue weighted by Crippen LogP contribution is 2.18. The van der Waals surface area contributed by atoms with Crippen LogP contribution in [-0.4, -0.2) is 16.2 Å². The molecule has 0 fully saturated rings. The van der Waals surface area contributed by atoms with Crippen molar-refractivity contribution < 1.29 is 0 Å². The molecule has 3 rings (SSSR count). The number of hydrogen-bond acceptors (Lipinski definition) is 3. The summed E-state index contributed by atoms with van der Waals surface area (Å²) in [6.45, 7) is 4.09. The number of aryl methyl sites for hydroxylation is 2. The van der Waals surface area contributed by atoms with Gasteiger partial charge in [0, 0.05) is 11.3 Å². The summed E-state index contributed by atoms with van der Waals surface area (Å²) in [6, 6.07) is 12.3. The van der Waals surface area contributed by atoms with E-state index in [9.17, 15) is 4.79 Å². The van der Waals surface area contributed by atoms with Crippen molar-refractivity contribution in [2.45, 2.75) is 25.2 Å². The summed E-state index contributed by atoms with van der Waals surface area (Å²) < 4.78 is 0. The summed E-state index contributed by atoms with van der Waals surface area (Å²) >= 11 is 1.71. The summed E-state index contributed by atoms with van der Waals surface area (Å²) in [6.07, 6.45) is 2.60. The average molecular weight is 310 g/mol. The molecule has 3 nitrogen and oxygen atoms in total. The van der Waals surface area contributed by atoms with Gasteiger partial charge >= 0.3 is 0 Å². The zero-order valence-corrected chi connectivity index (χ0v) is 13.8. The summed E-state index contributed by atoms with van der Waals surface area (Å²) in [5.74, 6) is 0. The van der Waals surface area contributed by atoms with Gasteiger partial charge in [-0.3, -0.25) is 4.79 Å². The van der Waals surface area contributed by atoms with Crippen molar-refractivity contribution >= 4 is 22.8 Å². The van der Waals surface area contributed by atoms with Crippen LogP contribution in [0.5, 0.6) is 0 Å². The standard InChI is InChI=1S/C18H18N2OS/c1-11-8-15-16(9-12(11)2)20-18(21)17(19-15)10-13-4-6-14(22-3)7-5-13/h4-9H,10H2,1-3H3,(H,20,21). The molecule has 0 bridgehead atoms. The van der Waals surface area contributed by atoms with E-state index in [1.165, 1.54) is 10.5 Å². The quantitative estimate of drug-likeness (QED) is 0.747. The van der Waals surface area contributed by atoms with Gasteiger partial charge in [0.25, 0.3) is 5.56 Å². The van der Waals surface area contributed by atoms with E-state index in [-0.39, 0.29) is 5.56 Å². The number of benzene rings is 2. The summed E-state index contributed by atoms with van der Waals surface area (Å²) in [5.41, 5.74) is 5.54. The zero-order chi connectivity index (χ0) is 15.7. The van der Waals surface area contributed by atoms with Gasteiger partial charge in [-0.05, 0) is 61.1 Å². The van der Waals surface area contributed by atoms with Gasteiger partial charge in [0.15, 0.2) is 0 Å².